The Morgan fingerprint density at radius 2 is 1.60 bits per heavy atom. The Hall–Kier alpha value is -3.08. The van der Waals surface area contributed by atoms with Gasteiger partial charge in [-0.15, -0.1) is 0 Å². The summed E-state index contributed by atoms with van der Waals surface area (Å²) in [4.78, 5) is 25.6. The van der Waals surface area contributed by atoms with Crippen molar-refractivity contribution in [3.05, 3.63) is 65.9 Å². The zero-order valence-corrected chi connectivity index (χ0v) is 14.0. The van der Waals surface area contributed by atoms with Crippen molar-refractivity contribution in [2.45, 2.75) is 11.8 Å². The third-order valence-electron chi connectivity index (χ3n) is 4.90. The average Bonchev–Trinajstić information content (AvgIpc) is 3.06. The van der Waals surface area contributed by atoms with E-state index in [1.54, 1.807) is 0 Å². The zero-order chi connectivity index (χ0) is 17.6. The SMILES string of the molecule is COC(=O)C1(C(=O)OC)Cc2ccccc2-n2c1cc1ccccc12. The number of aromatic nitrogens is 1. The Labute approximate surface area is 144 Å². The lowest BCUT2D eigenvalue weighted by Crippen LogP contribution is -2.50. The molecule has 25 heavy (non-hydrogen) atoms. The summed E-state index contributed by atoms with van der Waals surface area (Å²) in [7, 11) is 2.58. The maximum Gasteiger partial charge on any atom is 0.329 e. The van der Waals surface area contributed by atoms with Gasteiger partial charge in [0, 0.05) is 17.5 Å². The van der Waals surface area contributed by atoms with Gasteiger partial charge >= 0.3 is 11.9 Å². The van der Waals surface area contributed by atoms with Crippen molar-refractivity contribution >= 4 is 22.8 Å². The van der Waals surface area contributed by atoms with Gasteiger partial charge in [0.05, 0.1) is 25.4 Å². The molecule has 5 nitrogen and oxygen atoms in total. The Balaban J connectivity index is 2.15. The molecule has 0 saturated carbocycles. The van der Waals surface area contributed by atoms with Crippen molar-refractivity contribution in [2.75, 3.05) is 14.2 Å². The predicted molar refractivity (Wildman–Crippen MR) is 92.7 cm³/mol. The maximum absolute atomic E-state index is 12.8. The minimum Gasteiger partial charge on any atom is -0.468 e. The molecule has 0 atom stereocenters. The van der Waals surface area contributed by atoms with Gasteiger partial charge in [0.2, 0.25) is 5.41 Å². The summed E-state index contributed by atoms with van der Waals surface area (Å²) in [5.41, 5.74) is 1.85. The summed E-state index contributed by atoms with van der Waals surface area (Å²) < 4.78 is 12.0. The topological polar surface area (TPSA) is 57.5 Å². The highest BCUT2D eigenvalue weighted by Gasteiger charge is 2.54. The van der Waals surface area contributed by atoms with Crippen LogP contribution in [0.2, 0.25) is 0 Å². The van der Waals surface area contributed by atoms with E-state index in [0.717, 1.165) is 22.2 Å². The van der Waals surface area contributed by atoms with E-state index in [2.05, 4.69) is 0 Å². The van der Waals surface area contributed by atoms with Gasteiger partial charge < -0.3 is 14.0 Å². The van der Waals surface area contributed by atoms with Crippen molar-refractivity contribution < 1.29 is 19.1 Å². The number of rotatable bonds is 2. The van der Waals surface area contributed by atoms with Crippen LogP contribution in [0.25, 0.3) is 16.6 Å². The summed E-state index contributed by atoms with van der Waals surface area (Å²) in [6.45, 7) is 0. The average molecular weight is 335 g/mol. The van der Waals surface area contributed by atoms with Crippen molar-refractivity contribution in [1.29, 1.82) is 0 Å². The van der Waals surface area contributed by atoms with Gasteiger partial charge in [-0.2, -0.15) is 0 Å². The molecule has 1 aliphatic rings. The number of para-hydroxylation sites is 2. The van der Waals surface area contributed by atoms with Gasteiger partial charge in [-0.1, -0.05) is 36.4 Å². The Kier molecular flexibility index (Phi) is 3.39. The molecule has 0 saturated heterocycles. The first kappa shape index (κ1) is 15.4. The summed E-state index contributed by atoms with van der Waals surface area (Å²) in [5, 5.41) is 0.950. The zero-order valence-electron chi connectivity index (χ0n) is 14.0. The molecule has 0 fully saturated rings. The van der Waals surface area contributed by atoms with Crippen molar-refractivity contribution in [1.82, 2.24) is 4.57 Å². The normalized spacial score (nSPS) is 14.5. The number of esters is 2. The van der Waals surface area contributed by atoms with Crippen LogP contribution in [0, 0.1) is 0 Å². The third kappa shape index (κ3) is 1.95. The van der Waals surface area contributed by atoms with E-state index in [4.69, 9.17) is 9.47 Å². The standard InChI is InChI=1S/C20H17NO4/c1-24-18(22)20(19(23)25-2)12-14-8-4-6-10-16(14)21-15-9-5-3-7-13(15)11-17(20)21/h3-11H,12H2,1-2H3. The third-order valence-corrected chi connectivity index (χ3v) is 4.90. The Morgan fingerprint density at radius 3 is 2.32 bits per heavy atom. The summed E-state index contributed by atoms with van der Waals surface area (Å²) in [5.74, 6) is -1.23. The molecule has 5 heteroatoms. The van der Waals surface area contributed by atoms with Crippen LogP contribution in [0.15, 0.2) is 54.6 Å². The maximum atomic E-state index is 12.8. The van der Waals surface area contributed by atoms with Gasteiger partial charge in [-0.05, 0) is 23.8 Å². The van der Waals surface area contributed by atoms with Gasteiger partial charge in [0.15, 0.2) is 0 Å². The largest absolute Gasteiger partial charge is 0.468 e. The first-order valence-electron chi connectivity index (χ1n) is 7.99. The fourth-order valence-electron chi connectivity index (χ4n) is 3.77. The monoisotopic (exact) mass is 335 g/mol. The highest BCUT2D eigenvalue weighted by molar-refractivity contribution is 6.08. The smallest absolute Gasteiger partial charge is 0.329 e. The highest BCUT2D eigenvalue weighted by Crippen LogP contribution is 2.42. The number of nitrogens with zero attached hydrogens (tertiary/aromatic N) is 1. The van der Waals surface area contributed by atoms with Gasteiger partial charge in [0.1, 0.15) is 0 Å². The molecule has 0 unspecified atom stereocenters. The second-order valence-electron chi connectivity index (χ2n) is 6.12. The molecule has 0 spiro atoms. The van der Waals surface area contributed by atoms with E-state index >= 15 is 0 Å². The molecule has 0 radical (unpaired) electrons. The number of fused-ring (bicyclic) bond motifs is 5. The van der Waals surface area contributed by atoms with Crippen molar-refractivity contribution in [3.8, 4) is 5.69 Å². The van der Waals surface area contributed by atoms with Crippen LogP contribution in [0.5, 0.6) is 0 Å². The molecule has 2 aromatic carbocycles. The second-order valence-corrected chi connectivity index (χ2v) is 6.12. The lowest BCUT2D eigenvalue weighted by Gasteiger charge is -2.34. The van der Waals surface area contributed by atoms with Crippen LogP contribution in [0.3, 0.4) is 0 Å². The second kappa shape index (κ2) is 5.48. The van der Waals surface area contributed by atoms with Crippen molar-refractivity contribution in [3.63, 3.8) is 0 Å². The molecule has 0 amide bonds. The quantitative estimate of drug-likeness (QED) is 0.534. The van der Waals surface area contributed by atoms with Crippen LogP contribution in [-0.2, 0) is 30.9 Å². The molecule has 4 rings (SSSR count). The highest BCUT2D eigenvalue weighted by atomic mass is 16.5. The summed E-state index contributed by atoms with van der Waals surface area (Å²) in [6, 6.07) is 17.4. The number of carbonyl (C=O) groups excluding carboxylic acids is 2. The predicted octanol–water partition coefficient (Wildman–Crippen LogP) is 2.77. The summed E-state index contributed by atoms with van der Waals surface area (Å²) in [6.07, 6.45) is 0.207. The number of carbonyl (C=O) groups is 2. The van der Waals surface area contributed by atoms with Crippen LogP contribution in [0.1, 0.15) is 11.3 Å². The first-order chi connectivity index (χ1) is 12.1. The van der Waals surface area contributed by atoms with E-state index in [-0.39, 0.29) is 6.42 Å². The molecular weight excluding hydrogens is 318 g/mol. The Bertz CT molecular complexity index is 986. The van der Waals surface area contributed by atoms with Crippen LogP contribution >= 0.6 is 0 Å². The molecule has 1 aromatic heterocycles. The van der Waals surface area contributed by atoms with E-state index in [9.17, 15) is 9.59 Å². The van der Waals surface area contributed by atoms with Gasteiger partial charge in [0.25, 0.3) is 0 Å². The molecule has 1 aliphatic heterocycles. The molecular formula is C20H17NO4. The van der Waals surface area contributed by atoms with E-state index in [1.807, 2.05) is 59.2 Å². The number of methoxy groups -OCH3 is 2. The Morgan fingerprint density at radius 1 is 0.960 bits per heavy atom. The van der Waals surface area contributed by atoms with Gasteiger partial charge in [-0.3, -0.25) is 9.59 Å². The first-order valence-corrected chi connectivity index (χ1v) is 7.99. The molecule has 2 heterocycles. The fourth-order valence-corrected chi connectivity index (χ4v) is 3.77. The summed E-state index contributed by atoms with van der Waals surface area (Å²) >= 11 is 0. The van der Waals surface area contributed by atoms with E-state index in [0.29, 0.717) is 5.69 Å². The number of hydrogen-bond donors (Lipinski definition) is 0. The lowest BCUT2D eigenvalue weighted by atomic mass is 9.75. The molecule has 3 aromatic rings. The molecule has 0 aliphatic carbocycles. The van der Waals surface area contributed by atoms with Crippen molar-refractivity contribution in [2.24, 2.45) is 0 Å². The van der Waals surface area contributed by atoms with Crippen LogP contribution in [-0.4, -0.2) is 30.7 Å². The minimum atomic E-state index is -1.52. The fraction of sp³-hybridized carbons (Fsp3) is 0.200. The van der Waals surface area contributed by atoms with E-state index < -0.39 is 17.4 Å². The number of benzene rings is 2. The number of hydrogen-bond acceptors (Lipinski definition) is 4. The van der Waals surface area contributed by atoms with Gasteiger partial charge in [-0.25, -0.2) is 0 Å². The molecule has 0 N–H and O–H groups in total. The molecule has 126 valence electrons. The lowest BCUT2D eigenvalue weighted by molar-refractivity contribution is -0.162. The van der Waals surface area contributed by atoms with Crippen LogP contribution < -0.4 is 0 Å². The van der Waals surface area contributed by atoms with Crippen LogP contribution in [0.4, 0.5) is 0 Å². The minimum absolute atomic E-state index is 0.207. The molecule has 0 bridgehead atoms. The number of ether oxygens (including phenoxy) is 2. The van der Waals surface area contributed by atoms with E-state index in [1.165, 1.54) is 14.2 Å².